The second-order valence-electron chi connectivity index (χ2n) is 5.23. The summed E-state index contributed by atoms with van der Waals surface area (Å²) in [4.78, 5) is 0. The summed E-state index contributed by atoms with van der Waals surface area (Å²) >= 11 is 3.12. The maximum atomic E-state index is 12.3. The van der Waals surface area contributed by atoms with Gasteiger partial charge in [0, 0.05) is 12.8 Å². The summed E-state index contributed by atoms with van der Waals surface area (Å²) in [5, 5.41) is 0. The molecule has 0 aromatic heterocycles. The molecule has 0 unspecified atom stereocenters. The molecule has 7 heteroatoms. The standard InChI is InChI=1S/C15H14BrF3O3/c16-12-9-11(1-2-13(12)22-15(17,18)19)10-3-5-14(6-4-10)20-7-8-21-14/h1-3,9H,4-8H2. The van der Waals surface area contributed by atoms with Crippen molar-refractivity contribution in [3.8, 4) is 5.75 Å². The molecule has 0 N–H and O–H groups in total. The predicted octanol–water partition coefficient (Wildman–Crippen LogP) is 4.66. The van der Waals surface area contributed by atoms with E-state index in [4.69, 9.17) is 9.47 Å². The fourth-order valence-electron chi connectivity index (χ4n) is 2.74. The number of alkyl halides is 3. The summed E-state index contributed by atoms with van der Waals surface area (Å²) in [6.07, 6.45) is -0.511. The molecule has 1 saturated heterocycles. The van der Waals surface area contributed by atoms with Crippen LogP contribution in [-0.4, -0.2) is 25.4 Å². The lowest BCUT2D eigenvalue weighted by atomic mass is 9.90. The van der Waals surface area contributed by atoms with Crippen molar-refractivity contribution in [1.82, 2.24) is 0 Å². The van der Waals surface area contributed by atoms with Crippen LogP contribution in [0.2, 0.25) is 0 Å². The number of hydrogen-bond acceptors (Lipinski definition) is 3. The average Bonchev–Trinajstić information content (AvgIpc) is 2.89. The number of rotatable bonds is 2. The van der Waals surface area contributed by atoms with Crippen LogP contribution in [0.25, 0.3) is 5.57 Å². The minimum absolute atomic E-state index is 0.244. The zero-order valence-corrected chi connectivity index (χ0v) is 13.2. The highest BCUT2D eigenvalue weighted by Gasteiger charge is 2.37. The maximum Gasteiger partial charge on any atom is 0.573 e. The van der Waals surface area contributed by atoms with Gasteiger partial charge in [0.2, 0.25) is 0 Å². The van der Waals surface area contributed by atoms with Crippen molar-refractivity contribution >= 4 is 21.5 Å². The molecule has 1 aliphatic carbocycles. The van der Waals surface area contributed by atoms with Gasteiger partial charge in [-0.3, -0.25) is 0 Å². The highest BCUT2D eigenvalue weighted by molar-refractivity contribution is 9.10. The maximum absolute atomic E-state index is 12.3. The molecule has 3 rings (SSSR count). The summed E-state index contributed by atoms with van der Waals surface area (Å²) in [6, 6.07) is 4.59. The van der Waals surface area contributed by atoms with Crippen molar-refractivity contribution in [1.29, 1.82) is 0 Å². The molecule has 3 nitrogen and oxygen atoms in total. The lowest BCUT2D eigenvalue weighted by Gasteiger charge is -2.30. The van der Waals surface area contributed by atoms with E-state index in [9.17, 15) is 13.2 Å². The normalized spacial score (nSPS) is 21.0. The molecule has 1 aliphatic heterocycles. The molecular formula is C15H14BrF3O3. The minimum Gasteiger partial charge on any atom is -0.405 e. The quantitative estimate of drug-likeness (QED) is 0.748. The van der Waals surface area contributed by atoms with E-state index < -0.39 is 12.1 Å². The smallest absolute Gasteiger partial charge is 0.405 e. The Morgan fingerprint density at radius 3 is 2.45 bits per heavy atom. The zero-order valence-electron chi connectivity index (χ0n) is 11.6. The second kappa shape index (κ2) is 5.86. The van der Waals surface area contributed by atoms with Crippen LogP contribution in [-0.2, 0) is 9.47 Å². The van der Waals surface area contributed by atoms with Gasteiger partial charge in [-0.1, -0.05) is 12.1 Å². The lowest BCUT2D eigenvalue weighted by Crippen LogP contribution is -2.31. The number of hydrogen-bond donors (Lipinski definition) is 0. The van der Waals surface area contributed by atoms with E-state index in [1.807, 2.05) is 6.08 Å². The van der Waals surface area contributed by atoms with Crippen molar-refractivity contribution in [2.45, 2.75) is 31.4 Å². The average molecular weight is 379 g/mol. The Morgan fingerprint density at radius 2 is 1.91 bits per heavy atom. The van der Waals surface area contributed by atoms with Crippen LogP contribution in [0.15, 0.2) is 28.7 Å². The van der Waals surface area contributed by atoms with Crippen molar-refractivity contribution in [2.75, 3.05) is 13.2 Å². The van der Waals surface area contributed by atoms with Gasteiger partial charge in [-0.2, -0.15) is 0 Å². The Hall–Kier alpha value is -1.05. The fraction of sp³-hybridized carbons (Fsp3) is 0.467. The van der Waals surface area contributed by atoms with Crippen LogP contribution < -0.4 is 4.74 Å². The Kier molecular flexibility index (Phi) is 4.22. The van der Waals surface area contributed by atoms with E-state index >= 15 is 0 Å². The number of benzene rings is 1. The fourth-order valence-corrected chi connectivity index (χ4v) is 3.20. The first kappa shape index (κ1) is 15.8. The third-order valence-electron chi connectivity index (χ3n) is 3.78. The van der Waals surface area contributed by atoms with E-state index in [0.29, 0.717) is 19.6 Å². The molecule has 22 heavy (non-hydrogen) atoms. The van der Waals surface area contributed by atoms with Gasteiger partial charge < -0.3 is 14.2 Å². The molecule has 1 spiro atoms. The first-order chi connectivity index (χ1) is 10.4. The van der Waals surface area contributed by atoms with Gasteiger partial charge in [0.15, 0.2) is 5.79 Å². The molecule has 2 aliphatic rings. The van der Waals surface area contributed by atoms with Crippen LogP contribution in [0.4, 0.5) is 13.2 Å². The Balaban J connectivity index is 1.76. The van der Waals surface area contributed by atoms with E-state index in [1.54, 1.807) is 12.1 Å². The highest BCUT2D eigenvalue weighted by Crippen LogP contribution is 2.40. The third-order valence-corrected chi connectivity index (χ3v) is 4.40. The Labute approximate surface area is 134 Å². The first-order valence-electron chi connectivity index (χ1n) is 6.90. The molecule has 1 aromatic rings. The van der Waals surface area contributed by atoms with Crippen LogP contribution in [0, 0.1) is 0 Å². The predicted molar refractivity (Wildman–Crippen MR) is 77.3 cm³/mol. The molecule has 1 fully saturated rings. The number of halogens is 4. The summed E-state index contributed by atoms with van der Waals surface area (Å²) in [6.45, 7) is 1.22. The van der Waals surface area contributed by atoms with E-state index in [0.717, 1.165) is 24.0 Å². The second-order valence-corrected chi connectivity index (χ2v) is 6.09. The minimum atomic E-state index is -4.70. The molecule has 1 heterocycles. The topological polar surface area (TPSA) is 27.7 Å². The zero-order chi connectivity index (χ0) is 15.8. The Morgan fingerprint density at radius 1 is 1.18 bits per heavy atom. The number of allylic oxidation sites excluding steroid dienone is 1. The largest absolute Gasteiger partial charge is 0.573 e. The van der Waals surface area contributed by atoms with Crippen molar-refractivity contribution in [3.63, 3.8) is 0 Å². The molecule has 0 atom stereocenters. The van der Waals surface area contributed by atoms with Gasteiger partial charge in [0.05, 0.1) is 17.7 Å². The van der Waals surface area contributed by atoms with Gasteiger partial charge in [0.1, 0.15) is 5.75 Å². The SMILES string of the molecule is FC(F)(F)Oc1ccc(C2=CCC3(CC2)OCCO3)cc1Br. The van der Waals surface area contributed by atoms with Gasteiger partial charge in [-0.15, -0.1) is 13.2 Å². The lowest BCUT2D eigenvalue weighted by molar-refractivity contribution is -0.274. The number of ether oxygens (including phenoxy) is 3. The van der Waals surface area contributed by atoms with Gasteiger partial charge in [-0.05, 0) is 45.6 Å². The van der Waals surface area contributed by atoms with Crippen molar-refractivity contribution in [3.05, 3.63) is 34.3 Å². The van der Waals surface area contributed by atoms with Crippen molar-refractivity contribution < 1.29 is 27.4 Å². The monoisotopic (exact) mass is 378 g/mol. The van der Waals surface area contributed by atoms with Crippen molar-refractivity contribution in [2.24, 2.45) is 0 Å². The summed E-state index contributed by atoms with van der Waals surface area (Å²) < 4.78 is 52.3. The molecular weight excluding hydrogens is 365 g/mol. The van der Waals surface area contributed by atoms with E-state index in [-0.39, 0.29) is 10.2 Å². The van der Waals surface area contributed by atoms with Crippen LogP contribution in [0.3, 0.4) is 0 Å². The molecule has 120 valence electrons. The van der Waals surface area contributed by atoms with Gasteiger partial charge in [-0.25, -0.2) is 0 Å². The third kappa shape index (κ3) is 3.47. The molecule has 0 amide bonds. The van der Waals surface area contributed by atoms with Crippen LogP contribution in [0.5, 0.6) is 5.75 Å². The summed E-state index contributed by atoms with van der Waals surface area (Å²) in [7, 11) is 0. The van der Waals surface area contributed by atoms with Gasteiger partial charge >= 0.3 is 6.36 Å². The summed E-state index contributed by atoms with van der Waals surface area (Å²) in [5.41, 5.74) is 1.94. The molecule has 0 saturated carbocycles. The van der Waals surface area contributed by atoms with E-state index in [2.05, 4.69) is 20.7 Å². The highest BCUT2D eigenvalue weighted by atomic mass is 79.9. The molecule has 0 radical (unpaired) electrons. The molecule has 0 bridgehead atoms. The Bertz CT molecular complexity index is 592. The van der Waals surface area contributed by atoms with Gasteiger partial charge in [0.25, 0.3) is 0 Å². The molecule has 1 aromatic carbocycles. The summed E-state index contributed by atoms with van der Waals surface area (Å²) in [5.74, 6) is -0.744. The van der Waals surface area contributed by atoms with E-state index in [1.165, 1.54) is 6.07 Å². The first-order valence-corrected chi connectivity index (χ1v) is 7.69. The van der Waals surface area contributed by atoms with Crippen LogP contribution in [0.1, 0.15) is 24.8 Å². The van der Waals surface area contributed by atoms with Crippen LogP contribution >= 0.6 is 15.9 Å².